The third-order valence-corrected chi connectivity index (χ3v) is 5.49. The highest BCUT2D eigenvalue weighted by Gasteiger charge is 2.26. The molecule has 7 heteroatoms. The molecule has 1 atom stereocenters. The van der Waals surface area contributed by atoms with Gasteiger partial charge in [0, 0.05) is 38.2 Å². The fourth-order valence-electron chi connectivity index (χ4n) is 3.56. The van der Waals surface area contributed by atoms with Crippen molar-refractivity contribution < 1.29 is 9.59 Å². The molecule has 1 heterocycles. The van der Waals surface area contributed by atoms with Crippen molar-refractivity contribution in [3.8, 4) is 0 Å². The molecule has 30 heavy (non-hydrogen) atoms. The van der Waals surface area contributed by atoms with Gasteiger partial charge in [-0.3, -0.25) is 9.59 Å². The molecule has 1 fully saturated rings. The van der Waals surface area contributed by atoms with Crippen molar-refractivity contribution in [1.82, 2.24) is 15.5 Å². The molecule has 2 amide bonds. The summed E-state index contributed by atoms with van der Waals surface area (Å²) in [4.78, 5) is 26.5. The van der Waals surface area contributed by atoms with Gasteiger partial charge in [-0.25, -0.2) is 0 Å². The van der Waals surface area contributed by atoms with Gasteiger partial charge in [0.2, 0.25) is 11.8 Å². The lowest BCUT2D eigenvalue weighted by atomic mass is 10.0. The number of anilines is 1. The average molecular weight is 425 g/mol. The summed E-state index contributed by atoms with van der Waals surface area (Å²) in [6.45, 7) is 2.98. The second-order valence-corrected chi connectivity index (χ2v) is 7.90. The topological polar surface area (TPSA) is 73.5 Å². The van der Waals surface area contributed by atoms with Gasteiger partial charge in [-0.15, -0.1) is 0 Å². The zero-order chi connectivity index (χ0) is 21.3. The van der Waals surface area contributed by atoms with Crippen LogP contribution in [0, 0.1) is 0 Å². The number of piperidine rings is 1. The van der Waals surface area contributed by atoms with Gasteiger partial charge in [-0.2, -0.15) is 0 Å². The highest BCUT2D eigenvalue weighted by molar-refractivity contribution is 7.80. The number of amides is 2. The summed E-state index contributed by atoms with van der Waals surface area (Å²) >= 11 is 5.52. The van der Waals surface area contributed by atoms with E-state index in [2.05, 4.69) is 20.9 Å². The van der Waals surface area contributed by atoms with Crippen LogP contribution in [0.4, 0.5) is 5.69 Å². The summed E-state index contributed by atoms with van der Waals surface area (Å²) in [6, 6.07) is 19.1. The molecule has 1 aliphatic rings. The predicted octanol–water partition coefficient (Wildman–Crippen LogP) is 2.71. The molecule has 0 unspecified atom stereocenters. The lowest BCUT2D eigenvalue weighted by Gasteiger charge is -2.34. The van der Waals surface area contributed by atoms with E-state index in [1.807, 2.05) is 60.7 Å². The molecule has 0 bridgehead atoms. The maximum absolute atomic E-state index is 12.8. The molecular weight excluding hydrogens is 396 g/mol. The van der Waals surface area contributed by atoms with Crippen molar-refractivity contribution in [1.29, 1.82) is 0 Å². The minimum absolute atomic E-state index is 0.0697. The average Bonchev–Trinajstić information content (AvgIpc) is 2.75. The highest BCUT2D eigenvalue weighted by Crippen LogP contribution is 2.14. The second kappa shape index (κ2) is 10.7. The number of hydrogen-bond acceptors (Lipinski definition) is 3. The first kappa shape index (κ1) is 21.8. The van der Waals surface area contributed by atoms with Gasteiger partial charge in [0.15, 0.2) is 5.11 Å². The molecule has 6 nitrogen and oxygen atoms in total. The lowest BCUT2D eigenvalue weighted by molar-refractivity contribution is -0.128. The Labute approximate surface area is 183 Å². The summed E-state index contributed by atoms with van der Waals surface area (Å²) in [5.74, 6) is -0.351. The molecule has 1 aliphatic heterocycles. The standard InChI is InChI=1S/C23H28N4O2S/c1-17(28)24-21(16-18-8-4-2-5-9-18)22(29)25-20-12-14-27(15-13-20)23(30)26-19-10-6-3-7-11-19/h2-11,20-21H,12-16H2,1H3,(H,24,28)(H,25,29)(H,26,30)/t21-/m0/s1. The van der Waals surface area contributed by atoms with Gasteiger partial charge in [0.1, 0.15) is 6.04 Å². The number of benzene rings is 2. The number of hydrogen-bond donors (Lipinski definition) is 3. The van der Waals surface area contributed by atoms with Gasteiger partial charge in [-0.1, -0.05) is 48.5 Å². The van der Waals surface area contributed by atoms with Crippen molar-refractivity contribution >= 4 is 34.8 Å². The number of carbonyl (C=O) groups excluding carboxylic acids is 2. The number of carbonyl (C=O) groups is 2. The molecule has 0 radical (unpaired) electrons. The number of thiocarbonyl (C=S) groups is 1. The quantitative estimate of drug-likeness (QED) is 0.622. The van der Waals surface area contributed by atoms with Crippen molar-refractivity contribution in [3.63, 3.8) is 0 Å². The monoisotopic (exact) mass is 424 g/mol. The number of nitrogens with one attached hydrogen (secondary N) is 3. The van der Waals surface area contributed by atoms with Crippen molar-refractivity contribution in [2.24, 2.45) is 0 Å². The Hall–Kier alpha value is -2.93. The summed E-state index contributed by atoms with van der Waals surface area (Å²) in [7, 11) is 0. The fourth-order valence-corrected chi connectivity index (χ4v) is 3.86. The highest BCUT2D eigenvalue weighted by atomic mass is 32.1. The van der Waals surface area contributed by atoms with Crippen LogP contribution in [0.3, 0.4) is 0 Å². The Bertz CT molecular complexity index is 852. The SMILES string of the molecule is CC(=O)N[C@@H](Cc1ccccc1)C(=O)NC1CCN(C(=S)Nc2ccccc2)CC1. The molecule has 3 N–H and O–H groups in total. The molecule has 2 aromatic rings. The van der Waals surface area contributed by atoms with E-state index in [0.717, 1.165) is 37.2 Å². The van der Waals surface area contributed by atoms with E-state index in [1.54, 1.807) is 0 Å². The third-order valence-electron chi connectivity index (χ3n) is 5.13. The zero-order valence-corrected chi connectivity index (χ0v) is 18.0. The summed E-state index contributed by atoms with van der Waals surface area (Å²) in [5.41, 5.74) is 1.98. The van der Waals surface area contributed by atoms with E-state index >= 15 is 0 Å². The van der Waals surface area contributed by atoms with Gasteiger partial charge in [0.05, 0.1) is 0 Å². The first-order chi connectivity index (χ1) is 14.5. The number of nitrogens with zero attached hydrogens (tertiary/aromatic N) is 1. The Morgan fingerprint density at radius 3 is 2.23 bits per heavy atom. The Balaban J connectivity index is 1.50. The van der Waals surface area contributed by atoms with Crippen LogP contribution in [0.1, 0.15) is 25.3 Å². The van der Waals surface area contributed by atoms with Gasteiger partial charge >= 0.3 is 0 Å². The van der Waals surface area contributed by atoms with E-state index in [0.29, 0.717) is 11.5 Å². The second-order valence-electron chi connectivity index (χ2n) is 7.51. The first-order valence-corrected chi connectivity index (χ1v) is 10.6. The normalized spacial score (nSPS) is 15.2. The van der Waals surface area contributed by atoms with Gasteiger partial charge in [-0.05, 0) is 42.8 Å². The van der Waals surface area contributed by atoms with Crippen LogP contribution in [0.15, 0.2) is 60.7 Å². The summed E-state index contributed by atoms with van der Waals surface area (Å²) in [5, 5.41) is 9.85. The minimum Gasteiger partial charge on any atom is -0.351 e. The molecule has 158 valence electrons. The molecule has 0 aromatic heterocycles. The van der Waals surface area contributed by atoms with E-state index < -0.39 is 6.04 Å². The molecule has 0 spiro atoms. The van der Waals surface area contributed by atoms with Crippen LogP contribution in [0.5, 0.6) is 0 Å². The molecule has 0 saturated carbocycles. The van der Waals surface area contributed by atoms with Crippen molar-refractivity contribution in [2.75, 3.05) is 18.4 Å². The van der Waals surface area contributed by atoms with E-state index in [4.69, 9.17) is 12.2 Å². The Morgan fingerprint density at radius 2 is 1.63 bits per heavy atom. The number of rotatable bonds is 6. The number of likely N-dealkylation sites (tertiary alicyclic amines) is 1. The van der Waals surface area contributed by atoms with Gasteiger partial charge in [0.25, 0.3) is 0 Å². The fraction of sp³-hybridized carbons (Fsp3) is 0.348. The minimum atomic E-state index is -0.580. The molecule has 2 aromatic carbocycles. The van der Waals surface area contributed by atoms with Gasteiger partial charge < -0.3 is 20.9 Å². The Kier molecular flexibility index (Phi) is 7.79. The van der Waals surface area contributed by atoms with Crippen LogP contribution < -0.4 is 16.0 Å². The maximum atomic E-state index is 12.8. The summed E-state index contributed by atoms with van der Waals surface area (Å²) in [6.07, 6.45) is 2.08. The third kappa shape index (κ3) is 6.56. The van der Waals surface area contributed by atoms with Crippen LogP contribution in [0.25, 0.3) is 0 Å². The predicted molar refractivity (Wildman–Crippen MR) is 123 cm³/mol. The molecule has 3 rings (SSSR count). The van der Waals surface area contributed by atoms with Crippen molar-refractivity contribution in [3.05, 3.63) is 66.2 Å². The first-order valence-electron chi connectivity index (χ1n) is 10.2. The van der Waals surface area contributed by atoms with E-state index in [-0.39, 0.29) is 17.9 Å². The molecular formula is C23H28N4O2S. The van der Waals surface area contributed by atoms with Crippen molar-refractivity contribution in [2.45, 2.75) is 38.3 Å². The number of para-hydroxylation sites is 1. The van der Waals surface area contributed by atoms with Crippen LogP contribution in [-0.2, 0) is 16.0 Å². The maximum Gasteiger partial charge on any atom is 0.243 e. The van der Waals surface area contributed by atoms with E-state index in [9.17, 15) is 9.59 Å². The zero-order valence-electron chi connectivity index (χ0n) is 17.1. The largest absolute Gasteiger partial charge is 0.351 e. The van der Waals surface area contributed by atoms with Crippen LogP contribution >= 0.6 is 12.2 Å². The smallest absolute Gasteiger partial charge is 0.243 e. The molecule has 0 aliphatic carbocycles. The van der Waals surface area contributed by atoms with Crippen LogP contribution in [0.2, 0.25) is 0 Å². The Morgan fingerprint density at radius 1 is 1.03 bits per heavy atom. The van der Waals surface area contributed by atoms with Crippen LogP contribution in [-0.4, -0.2) is 47.0 Å². The lowest BCUT2D eigenvalue weighted by Crippen LogP contribution is -2.53. The molecule has 1 saturated heterocycles. The summed E-state index contributed by atoms with van der Waals surface area (Å²) < 4.78 is 0. The van der Waals surface area contributed by atoms with E-state index in [1.165, 1.54) is 6.92 Å².